The van der Waals surface area contributed by atoms with E-state index in [2.05, 4.69) is 16.7 Å². The Kier molecular flexibility index (Phi) is 2.54. The number of anilines is 1. The second kappa shape index (κ2) is 4.08. The van der Waals surface area contributed by atoms with Gasteiger partial charge in [-0.15, -0.1) is 11.3 Å². The van der Waals surface area contributed by atoms with E-state index in [0.717, 1.165) is 28.3 Å². The summed E-state index contributed by atoms with van der Waals surface area (Å²) in [6.45, 7) is 1.51. The number of fused-ring (bicyclic) bond motifs is 1. The Morgan fingerprint density at radius 1 is 1.33 bits per heavy atom. The van der Waals surface area contributed by atoms with Gasteiger partial charge in [0.2, 0.25) is 0 Å². The smallest absolute Gasteiger partial charge is 0.328 e. The molecule has 0 unspecified atom stereocenters. The summed E-state index contributed by atoms with van der Waals surface area (Å²) in [6.07, 6.45) is 0.762. The normalized spacial score (nSPS) is 18.5. The second-order valence-corrected chi connectivity index (χ2v) is 5.19. The number of carbonyl (C=O) groups is 2. The molecule has 92 valence electrons. The van der Waals surface area contributed by atoms with E-state index in [1.54, 1.807) is 0 Å². The molecular weight excluding hydrogens is 252 g/mol. The van der Waals surface area contributed by atoms with Gasteiger partial charge >= 0.3 is 6.03 Å². The third kappa shape index (κ3) is 1.50. The lowest BCUT2D eigenvalue weighted by molar-refractivity contribution is -0.115. The van der Waals surface area contributed by atoms with Gasteiger partial charge in [0.1, 0.15) is 11.1 Å². The van der Waals surface area contributed by atoms with Crippen molar-refractivity contribution in [1.29, 1.82) is 5.26 Å². The molecule has 6 nitrogen and oxygen atoms in total. The Morgan fingerprint density at radius 2 is 2.17 bits per heavy atom. The number of amides is 3. The van der Waals surface area contributed by atoms with E-state index in [-0.39, 0.29) is 12.5 Å². The minimum atomic E-state index is -0.442. The van der Waals surface area contributed by atoms with Crippen molar-refractivity contribution in [3.63, 3.8) is 0 Å². The van der Waals surface area contributed by atoms with E-state index >= 15 is 0 Å². The van der Waals surface area contributed by atoms with E-state index in [4.69, 9.17) is 0 Å². The molecule has 0 saturated carbocycles. The molecule has 3 amide bonds. The standard InChI is InChI=1S/C11H10N4O2S/c12-3-7-6-1-2-13-4-8(6)18-10(7)15-9(16)5-14-11(15)17/h13H,1-2,4-5H2,(H,14,17). The fraction of sp³-hybridized carbons (Fsp3) is 0.364. The van der Waals surface area contributed by atoms with E-state index in [9.17, 15) is 14.9 Å². The summed E-state index contributed by atoms with van der Waals surface area (Å²) in [6, 6.07) is 1.69. The van der Waals surface area contributed by atoms with Crippen LogP contribution in [-0.2, 0) is 17.8 Å². The summed E-state index contributed by atoms with van der Waals surface area (Å²) in [7, 11) is 0. The highest BCUT2D eigenvalue weighted by Crippen LogP contribution is 2.38. The monoisotopic (exact) mass is 262 g/mol. The number of nitrogens with one attached hydrogen (secondary N) is 2. The lowest BCUT2D eigenvalue weighted by Crippen LogP contribution is -2.30. The third-order valence-electron chi connectivity index (χ3n) is 3.07. The van der Waals surface area contributed by atoms with Crippen molar-refractivity contribution in [1.82, 2.24) is 10.6 Å². The van der Waals surface area contributed by atoms with Crippen LogP contribution in [-0.4, -0.2) is 25.0 Å². The number of thiophene rings is 1. The Labute approximate surface area is 107 Å². The highest BCUT2D eigenvalue weighted by Gasteiger charge is 2.35. The molecule has 3 heterocycles. The molecule has 0 aliphatic carbocycles. The topological polar surface area (TPSA) is 85.2 Å². The molecular formula is C11H10N4O2S. The van der Waals surface area contributed by atoms with Crippen LogP contribution in [0.4, 0.5) is 9.80 Å². The van der Waals surface area contributed by atoms with Crippen molar-refractivity contribution in [3.8, 4) is 6.07 Å². The lowest BCUT2D eigenvalue weighted by atomic mass is 10.0. The van der Waals surface area contributed by atoms with Crippen molar-refractivity contribution in [2.24, 2.45) is 0 Å². The number of hydrogen-bond donors (Lipinski definition) is 2. The van der Waals surface area contributed by atoms with Gasteiger partial charge in [0.15, 0.2) is 0 Å². The van der Waals surface area contributed by atoms with Gasteiger partial charge in [-0.3, -0.25) is 4.79 Å². The molecule has 2 aliphatic rings. The highest BCUT2D eigenvalue weighted by molar-refractivity contribution is 7.17. The maximum atomic E-state index is 11.7. The van der Waals surface area contributed by atoms with E-state index in [1.165, 1.54) is 11.3 Å². The first-order valence-corrected chi connectivity index (χ1v) is 6.40. The lowest BCUT2D eigenvalue weighted by Gasteiger charge is -2.12. The Balaban J connectivity index is 2.12. The van der Waals surface area contributed by atoms with Crippen LogP contribution in [0.5, 0.6) is 0 Å². The first kappa shape index (κ1) is 11.2. The van der Waals surface area contributed by atoms with Crippen LogP contribution in [0.3, 0.4) is 0 Å². The maximum Gasteiger partial charge on any atom is 0.329 e. The average molecular weight is 262 g/mol. The van der Waals surface area contributed by atoms with Crippen LogP contribution < -0.4 is 15.5 Å². The van der Waals surface area contributed by atoms with Crippen LogP contribution in [0.2, 0.25) is 0 Å². The molecule has 1 aromatic heterocycles. The molecule has 3 rings (SSSR count). The summed E-state index contributed by atoms with van der Waals surface area (Å²) >= 11 is 1.35. The number of imide groups is 1. The largest absolute Gasteiger partial charge is 0.329 e. The number of hydrogen-bond acceptors (Lipinski definition) is 5. The first-order chi connectivity index (χ1) is 8.72. The predicted molar refractivity (Wildman–Crippen MR) is 65.3 cm³/mol. The summed E-state index contributed by atoms with van der Waals surface area (Å²) in [4.78, 5) is 25.5. The van der Waals surface area contributed by atoms with Crippen molar-refractivity contribution in [3.05, 3.63) is 16.0 Å². The van der Waals surface area contributed by atoms with Crippen LogP contribution >= 0.6 is 11.3 Å². The van der Waals surface area contributed by atoms with Gasteiger partial charge in [0, 0.05) is 11.4 Å². The molecule has 1 aromatic rings. The molecule has 2 N–H and O–H groups in total. The highest BCUT2D eigenvalue weighted by atomic mass is 32.1. The van der Waals surface area contributed by atoms with Gasteiger partial charge in [-0.05, 0) is 18.5 Å². The fourth-order valence-electron chi connectivity index (χ4n) is 2.22. The van der Waals surface area contributed by atoms with Gasteiger partial charge < -0.3 is 10.6 Å². The number of rotatable bonds is 1. The molecule has 1 saturated heterocycles. The Bertz CT molecular complexity index is 571. The van der Waals surface area contributed by atoms with E-state index in [1.807, 2.05) is 0 Å². The van der Waals surface area contributed by atoms with E-state index in [0.29, 0.717) is 17.1 Å². The first-order valence-electron chi connectivity index (χ1n) is 5.58. The number of urea groups is 1. The molecule has 18 heavy (non-hydrogen) atoms. The Hall–Kier alpha value is -1.91. The van der Waals surface area contributed by atoms with Gasteiger partial charge in [-0.2, -0.15) is 5.26 Å². The summed E-state index contributed by atoms with van der Waals surface area (Å²) < 4.78 is 0. The molecule has 0 radical (unpaired) electrons. The van der Waals surface area contributed by atoms with Crippen molar-refractivity contribution in [2.75, 3.05) is 18.0 Å². The van der Waals surface area contributed by atoms with E-state index < -0.39 is 6.03 Å². The molecule has 0 aromatic carbocycles. The molecule has 1 fully saturated rings. The maximum absolute atomic E-state index is 11.7. The zero-order valence-electron chi connectivity index (χ0n) is 9.45. The Morgan fingerprint density at radius 3 is 2.83 bits per heavy atom. The molecule has 7 heteroatoms. The zero-order chi connectivity index (χ0) is 12.7. The van der Waals surface area contributed by atoms with Crippen LogP contribution in [0.15, 0.2) is 0 Å². The van der Waals surface area contributed by atoms with Gasteiger partial charge in [-0.25, -0.2) is 9.69 Å². The van der Waals surface area contributed by atoms with Crippen LogP contribution in [0.25, 0.3) is 0 Å². The average Bonchev–Trinajstić information content (AvgIpc) is 2.89. The SMILES string of the molecule is N#Cc1c(N2C(=O)CNC2=O)sc2c1CCNC2. The van der Waals surface area contributed by atoms with Crippen molar-refractivity contribution >= 4 is 28.3 Å². The molecule has 2 aliphatic heterocycles. The fourth-order valence-corrected chi connectivity index (χ4v) is 3.50. The zero-order valence-corrected chi connectivity index (χ0v) is 10.3. The third-order valence-corrected chi connectivity index (χ3v) is 4.28. The van der Waals surface area contributed by atoms with Gasteiger partial charge in [0.05, 0.1) is 12.1 Å². The van der Waals surface area contributed by atoms with Gasteiger partial charge in [0.25, 0.3) is 5.91 Å². The van der Waals surface area contributed by atoms with Crippen molar-refractivity contribution in [2.45, 2.75) is 13.0 Å². The minimum Gasteiger partial charge on any atom is -0.328 e. The van der Waals surface area contributed by atoms with Crippen LogP contribution in [0.1, 0.15) is 16.0 Å². The summed E-state index contributed by atoms with van der Waals surface area (Å²) in [5.41, 5.74) is 1.45. The quantitative estimate of drug-likeness (QED) is 0.714. The predicted octanol–water partition coefficient (Wildman–Crippen LogP) is 0.322. The number of nitriles is 1. The van der Waals surface area contributed by atoms with Gasteiger partial charge in [-0.1, -0.05) is 0 Å². The van der Waals surface area contributed by atoms with Crippen molar-refractivity contribution < 1.29 is 9.59 Å². The van der Waals surface area contributed by atoms with Crippen LogP contribution in [0, 0.1) is 11.3 Å². The number of nitrogens with zero attached hydrogens (tertiary/aromatic N) is 2. The summed E-state index contributed by atoms with van der Waals surface area (Å²) in [5.74, 6) is -0.303. The minimum absolute atomic E-state index is 0.00448. The molecule has 0 atom stereocenters. The molecule has 0 bridgehead atoms. The second-order valence-electron chi connectivity index (χ2n) is 4.11. The summed E-state index contributed by atoms with van der Waals surface area (Å²) in [5, 5.41) is 15.4. The number of carbonyl (C=O) groups excluding carboxylic acids is 2. The molecule has 0 spiro atoms.